The van der Waals surface area contributed by atoms with Crippen molar-refractivity contribution in [3.8, 4) is 11.5 Å². The normalized spacial score (nSPS) is 15.8. The van der Waals surface area contributed by atoms with E-state index >= 15 is 0 Å². The first-order valence-electron chi connectivity index (χ1n) is 10.2. The van der Waals surface area contributed by atoms with Gasteiger partial charge >= 0.3 is 0 Å². The molecule has 1 fully saturated rings. The zero-order valence-electron chi connectivity index (χ0n) is 17.6. The minimum atomic E-state index is -3.63. The fourth-order valence-electron chi connectivity index (χ4n) is 3.64. The summed E-state index contributed by atoms with van der Waals surface area (Å²) in [4.78, 5) is 18.6. The third-order valence-electron chi connectivity index (χ3n) is 5.50. The average molecular weight is 440 g/mol. The van der Waals surface area contributed by atoms with E-state index in [-0.39, 0.29) is 10.7 Å². The van der Waals surface area contributed by atoms with Crippen molar-refractivity contribution in [1.82, 2.24) is 14.2 Å². The van der Waals surface area contributed by atoms with Crippen LogP contribution in [-0.4, -0.2) is 54.6 Å². The Hall–Kier alpha value is -2.81. The second kappa shape index (κ2) is 8.74. The summed E-state index contributed by atoms with van der Waals surface area (Å²) in [6, 6.07) is 16.0. The average Bonchev–Trinajstić information content (AvgIpc) is 3.15. The maximum absolute atomic E-state index is 13.0. The molecule has 1 saturated heterocycles. The van der Waals surface area contributed by atoms with Crippen LogP contribution in [0.25, 0.3) is 11.5 Å². The van der Waals surface area contributed by atoms with E-state index in [0.29, 0.717) is 44.2 Å². The summed E-state index contributed by atoms with van der Waals surface area (Å²) in [5.41, 5.74) is 2.19. The van der Waals surface area contributed by atoms with Gasteiger partial charge in [-0.3, -0.25) is 9.69 Å². The Labute approximate surface area is 182 Å². The molecule has 0 atom stereocenters. The number of ketones is 1. The number of carbonyl (C=O) groups excluding carboxylic acids is 1. The molecule has 0 N–H and O–H groups in total. The Bertz CT molecular complexity index is 1180. The molecule has 0 unspecified atom stereocenters. The first-order chi connectivity index (χ1) is 14.8. The van der Waals surface area contributed by atoms with Crippen molar-refractivity contribution in [3.63, 3.8) is 0 Å². The van der Waals surface area contributed by atoms with Crippen molar-refractivity contribution in [2.24, 2.45) is 0 Å². The van der Waals surface area contributed by atoms with Crippen LogP contribution in [0.1, 0.15) is 28.7 Å². The van der Waals surface area contributed by atoms with Gasteiger partial charge in [-0.1, -0.05) is 30.3 Å². The number of carbonyl (C=O) groups is 1. The van der Waals surface area contributed by atoms with Crippen molar-refractivity contribution in [2.45, 2.75) is 25.3 Å². The van der Waals surface area contributed by atoms with Crippen LogP contribution in [0, 0.1) is 6.92 Å². The number of rotatable bonds is 6. The van der Waals surface area contributed by atoms with Gasteiger partial charge in [0.05, 0.1) is 10.6 Å². The van der Waals surface area contributed by atoms with Crippen molar-refractivity contribution in [3.05, 3.63) is 71.6 Å². The van der Waals surface area contributed by atoms with Crippen LogP contribution in [0.15, 0.2) is 63.9 Å². The van der Waals surface area contributed by atoms with Gasteiger partial charge < -0.3 is 4.42 Å². The second-order valence-corrected chi connectivity index (χ2v) is 9.59. The van der Waals surface area contributed by atoms with Gasteiger partial charge in [-0.15, -0.1) is 0 Å². The number of Topliss-reactive ketones (excluding diaryl/α,β-unsaturated/α-hetero) is 1. The van der Waals surface area contributed by atoms with E-state index in [1.54, 1.807) is 12.1 Å². The highest BCUT2D eigenvalue weighted by atomic mass is 32.2. The quantitative estimate of drug-likeness (QED) is 0.548. The molecule has 31 heavy (non-hydrogen) atoms. The maximum atomic E-state index is 13.0. The van der Waals surface area contributed by atoms with Crippen molar-refractivity contribution in [2.75, 3.05) is 26.2 Å². The number of aryl methyl sites for hydroxylation is 1. The standard InChI is InChI=1S/C23H25N3O4S/c1-17(27)20-9-6-10-21(15-20)31(28,29)26-13-11-25(12-14-26)16-22-18(2)30-23(24-22)19-7-4-3-5-8-19/h3-10,15H,11-14,16H2,1-2H3. The van der Waals surface area contributed by atoms with Crippen LogP contribution in [-0.2, 0) is 16.6 Å². The van der Waals surface area contributed by atoms with E-state index in [1.165, 1.54) is 23.4 Å². The first-order valence-corrected chi connectivity index (χ1v) is 11.6. The molecule has 7 nitrogen and oxygen atoms in total. The van der Waals surface area contributed by atoms with E-state index in [1.807, 2.05) is 37.3 Å². The lowest BCUT2D eigenvalue weighted by Crippen LogP contribution is -2.48. The number of hydrogen-bond acceptors (Lipinski definition) is 6. The number of sulfonamides is 1. The molecule has 0 aliphatic carbocycles. The Morgan fingerprint density at radius 1 is 1.03 bits per heavy atom. The molecule has 2 aromatic carbocycles. The highest BCUT2D eigenvalue weighted by molar-refractivity contribution is 7.89. The van der Waals surface area contributed by atoms with Gasteiger partial charge in [-0.25, -0.2) is 13.4 Å². The smallest absolute Gasteiger partial charge is 0.243 e. The van der Waals surface area contributed by atoms with Gasteiger partial charge in [0.15, 0.2) is 5.78 Å². The first kappa shape index (κ1) is 21.4. The van der Waals surface area contributed by atoms with Crippen LogP contribution in [0.2, 0.25) is 0 Å². The van der Waals surface area contributed by atoms with Crippen molar-refractivity contribution < 1.29 is 17.6 Å². The van der Waals surface area contributed by atoms with Gasteiger partial charge in [0.2, 0.25) is 15.9 Å². The van der Waals surface area contributed by atoms with Gasteiger partial charge in [0.25, 0.3) is 0 Å². The predicted molar refractivity (Wildman–Crippen MR) is 117 cm³/mol. The molecule has 0 spiro atoms. The minimum Gasteiger partial charge on any atom is -0.441 e. The van der Waals surface area contributed by atoms with Crippen molar-refractivity contribution in [1.29, 1.82) is 0 Å². The Balaban J connectivity index is 1.42. The van der Waals surface area contributed by atoms with Crippen LogP contribution < -0.4 is 0 Å². The van der Waals surface area contributed by atoms with Gasteiger partial charge in [0, 0.05) is 43.9 Å². The third kappa shape index (κ3) is 4.61. The van der Waals surface area contributed by atoms with E-state index in [9.17, 15) is 13.2 Å². The Kier molecular flexibility index (Phi) is 6.04. The number of benzene rings is 2. The molecule has 0 amide bonds. The number of aromatic nitrogens is 1. The predicted octanol–water partition coefficient (Wildman–Crippen LogP) is 3.36. The summed E-state index contributed by atoms with van der Waals surface area (Å²) < 4.78 is 33.3. The Morgan fingerprint density at radius 2 is 1.74 bits per heavy atom. The zero-order valence-corrected chi connectivity index (χ0v) is 18.4. The summed E-state index contributed by atoms with van der Waals surface area (Å²) >= 11 is 0. The topological polar surface area (TPSA) is 83.7 Å². The van der Waals surface area contributed by atoms with Crippen LogP contribution in [0.4, 0.5) is 0 Å². The molecular weight excluding hydrogens is 414 g/mol. The lowest BCUT2D eigenvalue weighted by atomic mass is 10.2. The van der Waals surface area contributed by atoms with Crippen LogP contribution in [0.5, 0.6) is 0 Å². The van der Waals surface area contributed by atoms with Crippen LogP contribution >= 0.6 is 0 Å². The minimum absolute atomic E-state index is 0.153. The lowest BCUT2D eigenvalue weighted by Gasteiger charge is -2.33. The molecular formula is C23H25N3O4S. The van der Waals surface area contributed by atoms with Gasteiger partial charge in [0.1, 0.15) is 5.76 Å². The molecule has 162 valence electrons. The molecule has 1 aliphatic rings. The molecule has 0 bridgehead atoms. The number of oxazole rings is 1. The monoisotopic (exact) mass is 439 g/mol. The largest absolute Gasteiger partial charge is 0.441 e. The lowest BCUT2D eigenvalue weighted by molar-refractivity contribution is 0.101. The number of nitrogens with zero attached hydrogens (tertiary/aromatic N) is 3. The summed E-state index contributed by atoms with van der Waals surface area (Å²) in [5, 5.41) is 0. The van der Waals surface area contributed by atoms with Crippen molar-refractivity contribution >= 4 is 15.8 Å². The summed E-state index contributed by atoms with van der Waals surface area (Å²) in [6.07, 6.45) is 0. The zero-order chi connectivity index (χ0) is 22.0. The van der Waals surface area contributed by atoms with E-state index in [2.05, 4.69) is 9.88 Å². The van der Waals surface area contributed by atoms with Gasteiger partial charge in [-0.05, 0) is 38.1 Å². The summed E-state index contributed by atoms with van der Waals surface area (Å²) in [7, 11) is -3.63. The van der Waals surface area contributed by atoms with E-state index in [0.717, 1.165) is 17.0 Å². The highest BCUT2D eigenvalue weighted by Gasteiger charge is 2.29. The molecule has 0 radical (unpaired) electrons. The summed E-state index contributed by atoms with van der Waals surface area (Å²) in [6.45, 7) is 5.90. The molecule has 4 rings (SSSR count). The highest BCUT2D eigenvalue weighted by Crippen LogP contribution is 2.24. The van der Waals surface area contributed by atoms with E-state index < -0.39 is 10.0 Å². The molecule has 8 heteroatoms. The molecule has 1 aromatic heterocycles. The molecule has 1 aliphatic heterocycles. The van der Waals surface area contributed by atoms with Gasteiger partial charge in [-0.2, -0.15) is 4.31 Å². The SMILES string of the molecule is CC(=O)c1cccc(S(=O)(=O)N2CCN(Cc3nc(-c4ccccc4)oc3C)CC2)c1. The maximum Gasteiger partial charge on any atom is 0.243 e. The third-order valence-corrected chi connectivity index (χ3v) is 7.39. The fraction of sp³-hybridized carbons (Fsp3) is 0.304. The second-order valence-electron chi connectivity index (χ2n) is 7.65. The summed E-state index contributed by atoms with van der Waals surface area (Å²) in [5.74, 6) is 1.22. The molecule has 0 saturated carbocycles. The molecule has 2 heterocycles. The number of piperazine rings is 1. The fourth-order valence-corrected chi connectivity index (χ4v) is 5.11. The Morgan fingerprint density at radius 3 is 2.42 bits per heavy atom. The molecule has 3 aromatic rings. The van der Waals surface area contributed by atoms with E-state index in [4.69, 9.17) is 4.42 Å². The van der Waals surface area contributed by atoms with Crippen LogP contribution in [0.3, 0.4) is 0 Å². The number of hydrogen-bond donors (Lipinski definition) is 0.